The van der Waals surface area contributed by atoms with Crippen molar-refractivity contribution < 1.29 is 30.7 Å². The molecule has 0 saturated carbocycles. The largest absolute Gasteiger partial charge is 0.744 e. The van der Waals surface area contributed by atoms with Gasteiger partial charge in [0.2, 0.25) is 0 Å². The molecular weight excluding hydrogens is 322 g/mol. The van der Waals surface area contributed by atoms with E-state index in [1.54, 1.807) is 20.8 Å². The zero-order chi connectivity index (χ0) is 16.6. The van der Waals surface area contributed by atoms with Gasteiger partial charge < -0.3 is 14.3 Å². The second-order valence-electron chi connectivity index (χ2n) is 5.23. The number of hydrogen-bond donors (Lipinski definition) is 0. The monoisotopic (exact) mass is 335 g/mol. The van der Waals surface area contributed by atoms with Crippen LogP contribution in [0, 0.1) is 5.21 Å². The normalized spacial score (nSPS) is 14.2. The van der Waals surface area contributed by atoms with Gasteiger partial charge in [-0.3, -0.25) is 0 Å². The zero-order valence-corrected chi connectivity index (χ0v) is 13.1. The fourth-order valence-electron chi connectivity index (χ4n) is 1.31. The lowest BCUT2D eigenvalue weighted by Crippen LogP contribution is -2.29. The first kappa shape index (κ1) is 17.6. The molecule has 1 rings (SSSR count). The van der Waals surface area contributed by atoms with Crippen LogP contribution in [0.2, 0.25) is 0 Å². The van der Waals surface area contributed by atoms with Crippen molar-refractivity contribution in [3.63, 3.8) is 0 Å². The molecule has 10 heteroatoms. The molecule has 0 atom stereocenters. The van der Waals surface area contributed by atoms with Gasteiger partial charge in [0.25, 0.3) is 0 Å². The van der Waals surface area contributed by atoms with Gasteiger partial charge in [0.15, 0.2) is 11.8 Å². The van der Waals surface area contributed by atoms with E-state index in [-0.39, 0.29) is 5.56 Å². The Hall–Kier alpha value is -1.49. The Morgan fingerprint density at radius 1 is 1.05 bits per heavy atom. The highest BCUT2D eigenvalue weighted by atomic mass is 32.2. The van der Waals surface area contributed by atoms with Crippen LogP contribution < -0.4 is 0 Å². The number of rotatable bonds is 3. The molecule has 0 N–H and O–H groups in total. The van der Waals surface area contributed by atoms with Gasteiger partial charge in [-0.2, -0.15) is 0 Å². The molecule has 0 aliphatic rings. The lowest BCUT2D eigenvalue weighted by molar-refractivity contribution is -0.530. The van der Waals surface area contributed by atoms with Crippen LogP contribution in [0.3, 0.4) is 0 Å². The van der Waals surface area contributed by atoms with Gasteiger partial charge in [0.05, 0.1) is 15.4 Å². The predicted molar refractivity (Wildman–Crippen MR) is 70.9 cm³/mol. The summed E-state index contributed by atoms with van der Waals surface area (Å²) in [6.45, 7) is 4.66. The van der Waals surface area contributed by atoms with Crippen LogP contribution in [0.25, 0.3) is 0 Å². The summed E-state index contributed by atoms with van der Waals surface area (Å²) in [7, 11) is -9.98. The Kier molecular flexibility index (Phi) is 4.49. The molecule has 118 valence electrons. The van der Waals surface area contributed by atoms with E-state index >= 15 is 0 Å². The Balaban J connectivity index is 3.63. The molecule has 0 spiro atoms. The van der Waals surface area contributed by atoms with E-state index in [1.807, 2.05) is 0 Å². The molecule has 21 heavy (non-hydrogen) atoms. The van der Waals surface area contributed by atoms with Crippen molar-refractivity contribution in [3.8, 4) is 0 Å². The standard InChI is InChI=1S/C11H15NO7S2/c1-11(2,3)12(13)7-8-4-5-9(20(14,15)16)6-10(8)21(17,18)19/h4-7H,1-3H3,(H,14,15,16)(H,17,18,19)/p-2. The number of benzene rings is 1. The van der Waals surface area contributed by atoms with Crippen LogP contribution in [-0.4, -0.2) is 42.4 Å². The SMILES string of the molecule is CC(C)(C)[N+]([O-])=Cc1ccc(S(=O)(=O)[O-])cc1S(=O)(=O)[O-]. The minimum absolute atomic E-state index is 0.290. The summed E-state index contributed by atoms with van der Waals surface area (Å²) in [6, 6.07) is 2.21. The van der Waals surface area contributed by atoms with Crippen molar-refractivity contribution in [2.24, 2.45) is 0 Å². The maximum absolute atomic E-state index is 11.8. The van der Waals surface area contributed by atoms with Gasteiger partial charge in [0.1, 0.15) is 20.2 Å². The van der Waals surface area contributed by atoms with E-state index in [9.17, 15) is 31.1 Å². The Labute approximate surface area is 122 Å². The van der Waals surface area contributed by atoms with E-state index in [0.717, 1.165) is 18.3 Å². The van der Waals surface area contributed by atoms with Crippen molar-refractivity contribution in [2.45, 2.75) is 36.1 Å². The maximum atomic E-state index is 11.8. The third kappa shape index (κ3) is 4.49. The second-order valence-corrected chi connectivity index (χ2v) is 7.96. The Morgan fingerprint density at radius 2 is 1.57 bits per heavy atom. The summed E-state index contributed by atoms with van der Waals surface area (Å²) >= 11 is 0. The summed E-state index contributed by atoms with van der Waals surface area (Å²) in [4.78, 5) is -1.80. The highest BCUT2D eigenvalue weighted by Crippen LogP contribution is 2.20. The Bertz CT molecular complexity index is 786. The van der Waals surface area contributed by atoms with Gasteiger partial charge in [-0.25, -0.2) is 21.6 Å². The summed E-state index contributed by atoms with van der Waals surface area (Å²) in [5.74, 6) is 0. The topological polar surface area (TPSA) is 140 Å². The van der Waals surface area contributed by atoms with E-state index in [4.69, 9.17) is 0 Å². The van der Waals surface area contributed by atoms with Gasteiger partial charge in [-0.15, -0.1) is 0 Å². The van der Waals surface area contributed by atoms with Gasteiger partial charge in [-0.1, -0.05) is 0 Å². The first-order valence-electron chi connectivity index (χ1n) is 5.60. The lowest BCUT2D eigenvalue weighted by Gasteiger charge is -2.20. The highest BCUT2D eigenvalue weighted by Gasteiger charge is 2.20. The van der Waals surface area contributed by atoms with Crippen LogP contribution >= 0.6 is 0 Å². The average Bonchev–Trinajstić information content (AvgIpc) is 2.25. The molecule has 0 aliphatic carbocycles. The van der Waals surface area contributed by atoms with Crippen molar-refractivity contribution in [2.75, 3.05) is 0 Å². The summed E-state index contributed by atoms with van der Waals surface area (Å²) < 4.78 is 66.5. The second kappa shape index (κ2) is 5.37. The van der Waals surface area contributed by atoms with Crippen molar-refractivity contribution in [1.82, 2.24) is 0 Å². The molecule has 1 aromatic carbocycles. The molecule has 0 aromatic heterocycles. The fraction of sp³-hybridized carbons (Fsp3) is 0.364. The van der Waals surface area contributed by atoms with Crippen molar-refractivity contribution >= 4 is 26.5 Å². The quantitative estimate of drug-likeness (QED) is 0.253. The molecule has 0 bridgehead atoms. The molecule has 8 nitrogen and oxygen atoms in total. The van der Waals surface area contributed by atoms with E-state index in [2.05, 4.69) is 0 Å². The van der Waals surface area contributed by atoms with Gasteiger partial charge >= 0.3 is 0 Å². The minimum Gasteiger partial charge on any atom is -0.744 e. The smallest absolute Gasteiger partial charge is 0.183 e. The van der Waals surface area contributed by atoms with Crippen molar-refractivity contribution in [3.05, 3.63) is 29.0 Å². The van der Waals surface area contributed by atoms with E-state index in [0.29, 0.717) is 10.8 Å². The molecule has 0 fully saturated rings. The third-order valence-corrected chi connectivity index (χ3v) is 4.18. The number of hydrogen-bond acceptors (Lipinski definition) is 7. The molecule has 0 saturated heterocycles. The van der Waals surface area contributed by atoms with Gasteiger partial charge in [0, 0.05) is 20.8 Å². The molecule has 1 aromatic rings. The van der Waals surface area contributed by atoms with Crippen LogP contribution in [0.15, 0.2) is 28.0 Å². The predicted octanol–water partition coefficient (Wildman–Crippen LogP) is 0.223. The minimum atomic E-state index is -5.06. The van der Waals surface area contributed by atoms with Gasteiger partial charge in [-0.05, 0) is 18.2 Å². The van der Waals surface area contributed by atoms with Crippen LogP contribution in [0.5, 0.6) is 0 Å². The van der Waals surface area contributed by atoms with Crippen LogP contribution in [0.4, 0.5) is 0 Å². The third-order valence-electron chi connectivity index (χ3n) is 2.46. The molecule has 0 aliphatic heterocycles. The fourth-order valence-corrected chi connectivity index (χ4v) is 2.57. The molecular formula is C11H13NO7S2-2. The van der Waals surface area contributed by atoms with E-state index in [1.165, 1.54) is 0 Å². The van der Waals surface area contributed by atoms with Crippen LogP contribution in [-0.2, 0) is 20.2 Å². The molecule has 0 unspecified atom stereocenters. The first-order chi connectivity index (χ1) is 9.23. The zero-order valence-electron chi connectivity index (χ0n) is 11.4. The number of nitrogens with zero attached hydrogens (tertiary/aromatic N) is 1. The van der Waals surface area contributed by atoms with Crippen LogP contribution in [0.1, 0.15) is 26.3 Å². The maximum Gasteiger partial charge on any atom is 0.183 e. The molecule has 0 radical (unpaired) electrons. The summed E-state index contributed by atoms with van der Waals surface area (Å²) in [6.07, 6.45) is 0.853. The average molecular weight is 335 g/mol. The van der Waals surface area contributed by atoms with Crippen molar-refractivity contribution in [1.29, 1.82) is 0 Å². The number of hydroxylamine groups is 1. The lowest BCUT2D eigenvalue weighted by atomic mass is 10.1. The summed E-state index contributed by atoms with van der Waals surface area (Å²) in [5.41, 5.74) is -1.19. The molecule has 0 amide bonds. The Morgan fingerprint density at radius 3 is 1.95 bits per heavy atom. The summed E-state index contributed by atoms with van der Waals surface area (Å²) in [5, 5.41) is 11.8. The first-order valence-corrected chi connectivity index (χ1v) is 8.42. The van der Waals surface area contributed by atoms with E-state index < -0.39 is 35.6 Å². The highest BCUT2D eigenvalue weighted by molar-refractivity contribution is 7.86. The molecule has 0 heterocycles.